The molecule has 1 saturated heterocycles. The van der Waals surface area contributed by atoms with Gasteiger partial charge in [-0.25, -0.2) is 0 Å². The highest BCUT2D eigenvalue weighted by Crippen LogP contribution is 2.21. The predicted octanol–water partition coefficient (Wildman–Crippen LogP) is 5.24. The van der Waals surface area contributed by atoms with Crippen molar-refractivity contribution in [2.24, 2.45) is 0 Å². The zero-order valence-corrected chi connectivity index (χ0v) is 14.0. The Morgan fingerprint density at radius 1 is 0.700 bits per heavy atom. The van der Waals surface area contributed by atoms with Gasteiger partial charge in [0.2, 0.25) is 0 Å². The highest BCUT2D eigenvalue weighted by Gasteiger charge is 2.27. The number of quaternary nitrogens is 1. The van der Waals surface area contributed by atoms with Crippen LogP contribution in [0.4, 0.5) is 0 Å². The zero-order valence-electron chi connectivity index (χ0n) is 14.0. The van der Waals surface area contributed by atoms with Crippen LogP contribution in [0.3, 0.4) is 0 Å². The topological polar surface area (TPSA) is 23.8 Å². The minimum absolute atomic E-state index is 1.37. The third-order valence-electron chi connectivity index (χ3n) is 4.70. The van der Waals surface area contributed by atoms with E-state index < -0.39 is 0 Å². The summed E-state index contributed by atoms with van der Waals surface area (Å²) < 4.78 is 1.46. The lowest BCUT2D eigenvalue weighted by Gasteiger charge is -2.41. The molecule has 0 aromatic heterocycles. The van der Waals surface area contributed by atoms with Gasteiger partial charge in [-0.15, -0.1) is 0 Å². The second-order valence-electron chi connectivity index (χ2n) is 6.42. The smallest absolute Gasteiger partial charge is 0.0786 e. The van der Waals surface area contributed by atoms with E-state index in [9.17, 15) is 0 Å². The molecule has 1 aliphatic heterocycles. The van der Waals surface area contributed by atoms with Crippen LogP contribution in [0.1, 0.15) is 84.5 Å². The summed E-state index contributed by atoms with van der Waals surface area (Å²) in [5, 5.41) is 6.25. The fourth-order valence-corrected chi connectivity index (χ4v) is 3.62. The molecule has 118 valence electrons. The Balaban J connectivity index is 0.00000172. The molecule has 1 rings (SSSR count). The van der Waals surface area contributed by atoms with E-state index in [-0.39, 0.29) is 0 Å². The molecule has 0 atom stereocenters. The SMILES string of the molecule is CCCCCCCCC[N+]1(CCC)CCCCC1.[C-]#N. The first-order chi connectivity index (χ1) is 9.83. The van der Waals surface area contributed by atoms with E-state index in [0.717, 1.165) is 0 Å². The molecule has 0 aromatic carbocycles. The molecule has 1 aliphatic rings. The molecule has 2 heteroatoms. The molecule has 0 radical (unpaired) electrons. The molecule has 0 spiro atoms. The number of nitrogens with zero attached hydrogens (tertiary/aromatic N) is 2. The second-order valence-corrected chi connectivity index (χ2v) is 6.42. The fourth-order valence-electron chi connectivity index (χ4n) is 3.62. The van der Waals surface area contributed by atoms with Crippen LogP contribution in [-0.2, 0) is 0 Å². The minimum Gasteiger partial charge on any atom is -0.512 e. The van der Waals surface area contributed by atoms with Crippen molar-refractivity contribution in [1.29, 1.82) is 5.26 Å². The van der Waals surface area contributed by atoms with Gasteiger partial charge in [-0.2, -0.15) is 0 Å². The van der Waals surface area contributed by atoms with E-state index in [0.29, 0.717) is 0 Å². The first-order valence-electron chi connectivity index (χ1n) is 8.90. The first-order valence-corrected chi connectivity index (χ1v) is 8.90. The third-order valence-corrected chi connectivity index (χ3v) is 4.70. The molecule has 2 nitrogen and oxygen atoms in total. The highest BCUT2D eigenvalue weighted by molar-refractivity contribution is 4.55. The molecule has 0 aliphatic carbocycles. The van der Waals surface area contributed by atoms with Gasteiger partial charge in [0, 0.05) is 0 Å². The maximum Gasteiger partial charge on any atom is 0.0786 e. The Hall–Kier alpha value is -0.550. The second kappa shape index (κ2) is 13.4. The number of piperidine rings is 1. The standard InChI is InChI=1S/C17H36N.CN/c1-3-5-6-7-8-9-11-15-18(14-4-2)16-12-10-13-17-18;1-2/h3-17H2,1-2H3;/q+1;-1. The maximum absolute atomic E-state index is 6.25. The van der Waals surface area contributed by atoms with Crippen LogP contribution in [0.25, 0.3) is 0 Å². The summed E-state index contributed by atoms with van der Waals surface area (Å²) in [4.78, 5) is 0. The molecule has 1 fully saturated rings. The van der Waals surface area contributed by atoms with Crippen molar-refractivity contribution < 1.29 is 4.48 Å². The number of unbranched alkanes of at least 4 members (excludes halogenated alkanes) is 6. The normalized spacial score (nSPS) is 17.2. The highest BCUT2D eigenvalue weighted by atomic mass is 15.3. The molecule has 20 heavy (non-hydrogen) atoms. The summed E-state index contributed by atoms with van der Waals surface area (Å²) in [5.41, 5.74) is 0. The Bertz CT molecular complexity index is 211. The average molecular weight is 280 g/mol. The summed E-state index contributed by atoms with van der Waals surface area (Å²) in [7, 11) is 0. The van der Waals surface area contributed by atoms with Gasteiger partial charge >= 0.3 is 0 Å². The van der Waals surface area contributed by atoms with Crippen LogP contribution < -0.4 is 0 Å². The minimum atomic E-state index is 1.37. The van der Waals surface area contributed by atoms with Gasteiger partial charge in [-0.1, -0.05) is 46.0 Å². The first kappa shape index (κ1) is 19.4. The van der Waals surface area contributed by atoms with Crippen molar-refractivity contribution in [2.75, 3.05) is 26.2 Å². The van der Waals surface area contributed by atoms with Crippen molar-refractivity contribution in [1.82, 2.24) is 0 Å². The van der Waals surface area contributed by atoms with E-state index in [2.05, 4.69) is 13.8 Å². The van der Waals surface area contributed by atoms with Gasteiger partial charge in [0.1, 0.15) is 0 Å². The summed E-state index contributed by atoms with van der Waals surface area (Å²) in [6.07, 6.45) is 16.0. The summed E-state index contributed by atoms with van der Waals surface area (Å²) >= 11 is 0. The zero-order chi connectivity index (χ0) is 15.1. The molecular formula is C18H36N2. The molecule has 0 aromatic rings. The Kier molecular flexibility index (Phi) is 13.1. The van der Waals surface area contributed by atoms with Crippen LogP contribution in [0.15, 0.2) is 0 Å². The van der Waals surface area contributed by atoms with E-state index in [1.807, 2.05) is 0 Å². The van der Waals surface area contributed by atoms with Gasteiger partial charge in [0.15, 0.2) is 0 Å². The number of rotatable bonds is 10. The van der Waals surface area contributed by atoms with Gasteiger partial charge in [-0.05, 0) is 38.5 Å². The van der Waals surface area contributed by atoms with Gasteiger partial charge in [-0.3, -0.25) is 0 Å². The number of likely N-dealkylation sites (tertiary alicyclic amines) is 1. The largest absolute Gasteiger partial charge is 0.512 e. The van der Waals surface area contributed by atoms with Gasteiger partial charge in [0.25, 0.3) is 0 Å². The monoisotopic (exact) mass is 280 g/mol. The van der Waals surface area contributed by atoms with Crippen LogP contribution in [0.5, 0.6) is 0 Å². The maximum atomic E-state index is 6.25. The van der Waals surface area contributed by atoms with Gasteiger partial charge in [0.05, 0.1) is 26.2 Å². The number of hydrogen-bond acceptors (Lipinski definition) is 1. The summed E-state index contributed by atoms with van der Waals surface area (Å²) in [6.45, 7) is 15.3. The lowest BCUT2D eigenvalue weighted by Crippen LogP contribution is -2.52. The van der Waals surface area contributed by atoms with Crippen LogP contribution >= 0.6 is 0 Å². The van der Waals surface area contributed by atoms with E-state index in [1.165, 1.54) is 101 Å². The van der Waals surface area contributed by atoms with Crippen molar-refractivity contribution >= 4 is 0 Å². The molecule has 0 saturated carbocycles. The van der Waals surface area contributed by atoms with E-state index in [4.69, 9.17) is 11.8 Å². The van der Waals surface area contributed by atoms with Crippen LogP contribution in [-0.4, -0.2) is 30.7 Å². The van der Waals surface area contributed by atoms with Crippen LogP contribution in [0.2, 0.25) is 0 Å². The average Bonchev–Trinajstić information content (AvgIpc) is 2.50. The summed E-state index contributed by atoms with van der Waals surface area (Å²) in [5.74, 6) is 0. The Morgan fingerprint density at radius 2 is 1.25 bits per heavy atom. The lowest BCUT2D eigenvalue weighted by molar-refractivity contribution is -0.932. The lowest BCUT2D eigenvalue weighted by atomic mass is 10.0. The quantitative estimate of drug-likeness (QED) is 0.305. The third kappa shape index (κ3) is 8.59. The van der Waals surface area contributed by atoms with Gasteiger partial charge < -0.3 is 16.3 Å². The fraction of sp³-hybridized carbons (Fsp3) is 0.944. The predicted molar refractivity (Wildman–Crippen MR) is 86.8 cm³/mol. The van der Waals surface area contributed by atoms with Crippen molar-refractivity contribution in [3.63, 3.8) is 0 Å². The molecule has 0 amide bonds. The van der Waals surface area contributed by atoms with Crippen LogP contribution in [0, 0.1) is 11.8 Å². The van der Waals surface area contributed by atoms with E-state index >= 15 is 0 Å². The van der Waals surface area contributed by atoms with E-state index in [1.54, 1.807) is 0 Å². The van der Waals surface area contributed by atoms with Crippen molar-refractivity contribution in [3.05, 3.63) is 6.57 Å². The molecule has 0 N–H and O–H groups in total. The molecule has 0 bridgehead atoms. The summed E-state index contributed by atoms with van der Waals surface area (Å²) in [6, 6.07) is 0. The molecular weight excluding hydrogens is 244 g/mol. The Labute approximate surface area is 127 Å². The van der Waals surface area contributed by atoms with Crippen molar-refractivity contribution in [3.8, 4) is 0 Å². The van der Waals surface area contributed by atoms with Crippen molar-refractivity contribution in [2.45, 2.75) is 84.5 Å². The molecule has 0 unspecified atom stereocenters. The Morgan fingerprint density at radius 3 is 1.80 bits per heavy atom. The molecule has 1 heterocycles. The number of hydrogen-bond donors (Lipinski definition) is 0.